The molecule has 2 aromatic heterocycles. The number of amides is 2. The molecule has 0 aliphatic heterocycles. The van der Waals surface area contributed by atoms with Gasteiger partial charge in [0, 0.05) is 30.5 Å². The highest BCUT2D eigenvalue weighted by Gasteiger charge is 2.17. The van der Waals surface area contributed by atoms with Gasteiger partial charge in [0.1, 0.15) is 0 Å². The van der Waals surface area contributed by atoms with Crippen molar-refractivity contribution in [3.63, 3.8) is 0 Å². The third-order valence-electron chi connectivity index (χ3n) is 4.44. The first-order valence-corrected chi connectivity index (χ1v) is 11.3. The van der Waals surface area contributed by atoms with Crippen molar-refractivity contribution in [2.45, 2.75) is 33.2 Å². The van der Waals surface area contributed by atoms with Crippen LogP contribution in [0.1, 0.15) is 57.4 Å². The van der Waals surface area contributed by atoms with Gasteiger partial charge in [0.25, 0.3) is 11.8 Å². The van der Waals surface area contributed by atoms with E-state index in [1.807, 2.05) is 35.9 Å². The molecule has 0 saturated carbocycles. The van der Waals surface area contributed by atoms with Gasteiger partial charge in [0.2, 0.25) is 0 Å². The Morgan fingerprint density at radius 3 is 2.45 bits per heavy atom. The fourth-order valence-corrected chi connectivity index (χ4v) is 4.58. The van der Waals surface area contributed by atoms with Crippen LogP contribution < -0.4 is 5.32 Å². The van der Waals surface area contributed by atoms with Crippen molar-refractivity contribution in [2.75, 3.05) is 13.6 Å². The fraction of sp³-hybridized carbons (Fsp3) is 0.318. The van der Waals surface area contributed by atoms with Crippen LogP contribution in [0.25, 0.3) is 11.1 Å². The third-order valence-corrected chi connectivity index (χ3v) is 6.55. The number of rotatable bonds is 7. The number of nitrogens with one attached hydrogen (secondary N) is 1. The summed E-state index contributed by atoms with van der Waals surface area (Å²) in [5.74, 6) is 0.304. The third kappa shape index (κ3) is 5.10. The van der Waals surface area contributed by atoms with Crippen LogP contribution in [0.4, 0.5) is 0 Å². The Morgan fingerprint density at radius 1 is 1.10 bits per heavy atom. The number of thiazole rings is 1. The molecule has 0 unspecified atom stereocenters. The van der Waals surface area contributed by atoms with E-state index >= 15 is 0 Å². The van der Waals surface area contributed by atoms with Gasteiger partial charge in [-0.05, 0) is 41.6 Å². The summed E-state index contributed by atoms with van der Waals surface area (Å²) < 4.78 is 0. The normalized spacial score (nSPS) is 10.9. The molecule has 0 saturated heterocycles. The lowest BCUT2D eigenvalue weighted by Gasteiger charge is -2.14. The van der Waals surface area contributed by atoms with Gasteiger partial charge in [0.05, 0.1) is 22.1 Å². The molecule has 29 heavy (non-hydrogen) atoms. The van der Waals surface area contributed by atoms with Gasteiger partial charge in [-0.2, -0.15) is 0 Å². The molecule has 0 atom stereocenters. The number of hydrogen-bond acceptors (Lipinski definition) is 5. The standard InChI is InChI=1S/C22H25N3O2S2/c1-5-23-20(26)16-8-6-15(7-9-16)17-10-19(28-12-17)22(27)25(4)11-18-13-29-21(24-18)14(2)3/h6-10,12-14H,5,11H2,1-4H3,(H,23,26). The van der Waals surface area contributed by atoms with Crippen LogP contribution in [0.5, 0.6) is 0 Å². The molecule has 1 N–H and O–H groups in total. The van der Waals surface area contributed by atoms with E-state index < -0.39 is 0 Å². The summed E-state index contributed by atoms with van der Waals surface area (Å²) in [6, 6.07) is 9.34. The second kappa shape index (κ2) is 9.33. The number of nitrogens with zero attached hydrogens (tertiary/aromatic N) is 2. The average molecular weight is 428 g/mol. The molecule has 0 bridgehead atoms. The maximum absolute atomic E-state index is 12.8. The maximum atomic E-state index is 12.8. The summed E-state index contributed by atoms with van der Waals surface area (Å²) in [5, 5.41) is 7.88. The van der Waals surface area contributed by atoms with Crippen LogP contribution in [0.15, 0.2) is 41.1 Å². The minimum absolute atomic E-state index is 0.0145. The van der Waals surface area contributed by atoms with E-state index in [9.17, 15) is 9.59 Å². The van der Waals surface area contributed by atoms with E-state index in [1.54, 1.807) is 35.4 Å². The van der Waals surface area contributed by atoms with Gasteiger partial charge in [-0.15, -0.1) is 22.7 Å². The highest BCUT2D eigenvalue weighted by Crippen LogP contribution is 2.27. The Hall–Kier alpha value is -2.51. The molecule has 5 nitrogen and oxygen atoms in total. The first-order valence-electron chi connectivity index (χ1n) is 9.56. The van der Waals surface area contributed by atoms with Crippen LogP contribution in [0.2, 0.25) is 0 Å². The first kappa shape index (κ1) is 21.2. The smallest absolute Gasteiger partial charge is 0.264 e. The quantitative estimate of drug-likeness (QED) is 0.576. The fourth-order valence-electron chi connectivity index (χ4n) is 2.84. The van der Waals surface area contributed by atoms with E-state index in [0.717, 1.165) is 21.8 Å². The first-order chi connectivity index (χ1) is 13.9. The molecule has 0 spiro atoms. The lowest BCUT2D eigenvalue weighted by Crippen LogP contribution is -2.25. The Labute approximate surface area is 179 Å². The molecular formula is C22H25N3O2S2. The van der Waals surface area contributed by atoms with E-state index in [-0.39, 0.29) is 11.8 Å². The maximum Gasteiger partial charge on any atom is 0.264 e. The van der Waals surface area contributed by atoms with Crippen molar-refractivity contribution in [1.29, 1.82) is 0 Å². The van der Waals surface area contributed by atoms with Crippen molar-refractivity contribution < 1.29 is 9.59 Å². The van der Waals surface area contributed by atoms with E-state index in [4.69, 9.17) is 0 Å². The molecular weight excluding hydrogens is 402 g/mol. The van der Waals surface area contributed by atoms with Crippen LogP contribution in [0.3, 0.4) is 0 Å². The van der Waals surface area contributed by atoms with Gasteiger partial charge >= 0.3 is 0 Å². The highest BCUT2D eigenvalue weighted by atomic mass is 32.1. The Kier molecular flexibility index (Phi) is 6.82. The molecule has 0 aliphatic carbocycles. The molecule has 1 aromatic carbocycles. The van der Waals surface area contributed by atoms with Crippen LogP contribution in [-0.2, 0) is 6.54 Å². The largest absolute Gasteiger partial charge is 0.352 e. The summed E-state index contributed by atoms with van der Waals surface area (Å²) in [7, 11) is 1.80. The van der Waals surface area contributed by atoms with Crippen molar-refractivity contribution in [2.24, 2.45) is 0 Å². The zero-order valence-corrected chi connectivity index (χ0v) is 18.7. The predicted molar refractivity (Wildman–Crippen MR) is 120 cm³/mol. The Balaban J connectivity index is 1.68. The average Bonchev–Trinajstić information content (AvgIpc) is 3.37. The number of carbonyl (C=O) groups excluding carboxylic acids is 2. The number of thiophene rings is 1. The van der Waals surface area contributed by atoms with Crippen LogP contribution in [0, 0.1) is 0 Å². The molecule has 0 radical (unpaired) electrons. The number of carbonyl (C=O) groups is 2. The molecule has 2 amide bonds. The monoisotopic (exact) mass is 427 g/mol. The van der Waals surface area contributed by atoms with Crippen LogP contribution in [-0.4, -0.2) is 35.3 Å². The molecule has 7 heteroatoms. The zero-order valence-electron chi connectivity index (χ0n) is 17.1. The van der Waals surface area contributed by atoms with Crippen molar-refractivity contribution in [3.05, 3.63) is 62.2 Å². The van der Waals surface area contributed by atoms with E-state index in [2.05, 4.69) is 24.1 Å². The van der Waals surface area contributed by atoms with Gasteiger partial charge in [-0.1, -0.05) is 26.0 Å². The second-order valence-electron chi connectivity index (χ2n) is 7.13. The zero-order chi connectivity index (χ0) is 21.0. The topological polar surface area (TPSA) is 62.3 Å². The Morgan fingerprint density at radius 2 is 1.83 bits per heavy atom. The SMILES string of the molecule is CCNC(=O)c1ccc(-c2csc(C(=O)N(C)Cc3csc(C(C)C)n3)c2)cc1. The number of aromatic nitrogens is 1. The van der Waals surface area contributed by atoms with Crippen molar-refractivity contribution >= 4 is 34.5 Å². The Bertz CT molecular complexity index is 990. The summed E-state index contributed by atoms with van der Waals surface area (Å²) in [6.07, 6.45) is 0. The minimum Gasteiger partial charge on any atom is -0.352 e. The summed E-state index contributed by atoms with van der Waals surface area (Å²) >= 11 is 3.07. The molecule has 3 rings (SSSR count). The molecule has 0 aliphatic rings. The second-order valence-corrected chi connectivity index (χ2v) is 8.93. The van der Waals surface area contributed by atoms with Gasteiger partial charge in [0.15, 0.2) is 0 Å². The summed E-state index contributed by atoms with van der Waals surface area (Å²) in [6.45, 7) is 7.23. The van der Waals surface area contributed by atoms with Crippen molar-refractivity contribution in [1.82, 2.24) is 15.2 Å². The molecule has 0 fully saturated rings. The predicted octanol–water partition coefficient (Wildman–Crippen LogP) is 5.02. The lowest BCUT2D eigenvalue weighted by molar-refractivity contribution is 0.0788. The van der Waals surface area contributed by atoms with Gasteiger partial charge in [-0.3, -0.25) is 9.59 Å². The van der Waals surface area contributed by atoms with Crippen molar-refractivity contribution in [3.8, 4) is 11.1 Å². The molecule has 152 valence electrons. The minimum atomic E-state index is -0.0791. The highest BCUT2D eigenvalue weighted by molar-refractivity contribution is 7.12. The van der Waals surface area contributed by atoms with Gasteiger partial charge < -0.3 is 10.2 Å². The number of benzene rings is 1. The van der Waals surface area contributed by atoms with E-state index in [0.29, 0.717) is 29.4 Å². The van der Waals surface area contributed by atoms with Crippen LogP contribution >= 0.6 is 22.7 Å². The molecule has 3 aromatic rings. The van der Waals surface area contributed by atoms with E-state index in [1.165, 1.54) is 11.3 Å². The molecule has 2 heterocycles. The summed E-state index contributed by atoms with van der Waals surface area (Å²) in [4.78, 5) is 31.7. The summed E-state index contributed by atoms with van der Waals surface area (Å²) in [5.41, 5.74) is 3.51. The lowest BCUT2D eigenvalue weighted by atomic mass is 10.1. The van der Waals surface area contributed by atoms with Gasteiger partial charge in [-0.25, -0.2) is 4.98 Å². The number of hydrogen-bond donors (Lipinski definition) is 1.